The monoisotopic (exact) mass is 275 g/mol. The van der Waals surface area contributed by atoms with Gasteiger partial charge in [-0.3, -0.25) is 0 Å². The number of hydrogen-bond acceptors (Lipinski definition) is 1. The Morgan fingerprint density at radius 1 is 1.06 bits per heavy atom. The van der Waals surface area contributed by atoms with Gasteiger partial charge in [-0.05, 0) is 23.8 Å². The van der Waals surface area contributed by atoms with Gasteiger partial charge in [-0.1, -0.05) is 23.7 Å². The molecule has 0 N–H and O–H groups in total. The number of alkyl halides is 3. The highest BCUT2D eigenvalue weighted by molar-refractivity contribution is 6.30. The summed E-state index contributed by atoms with van der Waals surface area (Å²) in [4.78, 5) is 3.41. The summed E-state index contributed by atoms with van der Waals surface area (Å²) >= 11 is 5.66. The molecule has 94 valence electrons. The lowest BCUT2D eigenvalue weighted by Gasteiger charge is -2.08. The van der Waals surface area contributed by atoms with Crippen LogP contribution in [-0.2, 0) is 6.18 Å². The zero-order chi connectivity index (χ0) is 13.3. The molecule has 0 saturated heterocycles. The van der Waals surface area contributed by atoms with Crippen molar-refractivity contribution in [2.24, 2.45) is 0 Å². The van der Waals surface area contributed by atoms with Crippen LogP contribution in [0.3, 0.4) is 0 Å². The first kappa shape index (κ1) is 12.8. The Kier molecular flexibility index (Phi) is 3.26. The van der Waals surface area contributed by atoms with Crippen molar-refractivity contribution in [1.29, 1.82) is 0 Å². The Bertz CT molecular complexity index is 563. The van der Waals surface area contributed by atoms with Crippen LogP contribution < -0.4 is 0 Å². The third-order valence-electron chi connectivity index (χ3n) is 2.33. The molecular formula is C12H6ClF4N. The van der Waals surface area contributed by atoms with Gasteiger partial charge >= 0.3 is 6.18 Å². The molecule has 0 saturated carbocycles. The van der Waals surface area contributed by atoms with Crippen molar-refractivity contribution in [3.8, 4) is 11.1 Å². The van der Waals surface area contributed by atoms with E-state index in [4.69, 9.17) is 11.6 Å². The van der Waals surface area contributed by atoms with E-state index >= 15 is 0 Å². The molecule has 18 heavy (non-hydrogen) atoms. The second-order valence-electron chi connectivity index (χ2n) is 3.57. The number of benzene rings is 1. The lowest BCUT2D eigenvalue weighted by Crippen LogP contribution is -2.04. The summed E-state index contributed by atoms with van der Waals surface area (Å²) < 4.78 is 50.5. The van der Waals surface area contributed by atoms with Gasteiger partial charge < -0.3 is 0 Å². The third kappa shape index (κ3) is 2.61. The first-order valence-electron chi connectivity index (χ1n) is 4.86. The van der Waals surface area contributed by atoms with Crippen molar-refractivity contribution in [3.63, 3.8) is 0 Å². The van der Waals surface area contributed by atoms with Crippen molar-refractivity contribution in [3.05, 3.63) is 53.1 Å². The maximum absolute atomic E-state index is 13.4. The fourth-order valence-electron chi connectivity index (χ4n) is 1.46. The minimum absolute atomic E-state index is 0.0659. The van der Waals surface area contributed by atoms with Crippen LogP contribution in [0.15, 0.2) is 36.5 Å². The van der Waals surface area contributed by atoms with E-state index in [0.29, 0.717) is 0 Å². The van der Waals surface area contributed by atoms with E-state index in [-0.39, 0.29) is 16.1 Å². The Balaban J connectivity index is 2.43. The summed E-state index contributed by atoms with van der Waals surface area (Å²) in [5.41, 5.74) is -0.437. The molecule has 1 heterocycles. The molecule has 1 nitrogen and oxygen atoms in total. The lowest BCUT2D eigenvalue weighted by molar-refractivity contribution is -0.137. The average molecular weight is 276 g/mol. The van der Waals surface area contributed by atoms with Crippen LogP contribution in [-0.4, -0.2) is 4.98 Å². The Labute approximate surface area is 105 Å². The summed E-state index contributed by atoms with van der Waals surface area (Å²) in [7, 11) is 0. The van der Waals surface area contributed by atoms with E-state index in [9.17, 15) is 17.6 Å². The van der Waals surface area contributed by atoms with Crippen molar-refractivity contribution in [2.75, 3.05) is 0 Å². The SMILES string of the molecule is Fc1ncc(Cl)cc1-c1ccc(C(F)(F)F)cc1. The maximum Gasteiger partial charge on any atom is 0.416 e. The molecule has 0 radical (unpaired) electrons. The van der Waals surface area contributed by atoms with Gasteiger partial charge in [-0.25, -0.2) is 4.98 Å². The minimum Gasteiger partial charge on any atom is -0.226 e. The van der Waals surface area contributed by atoms with E-state index < -0.39 is 17.7 Å². The molecule has 0 atom stereocenters. The highest BCUT2D eigenvalue weighted by atomic mass is 35.5. The van der Waals surface area contributed by atoms with E-state index in [1.807, 2.05) is 0 Å². The summed E-state index contributed by atoms with van der Waals surface area (Å²) in [5, 5.41) is 0.214. The van der Waals surface area contributed by atoms with Crippen molar-refractivity contribution >= 4 is 11.6 Å². The summed E-state index contributed by atoms with van der Waals surface area (Å²) in [6.07, 6.45) is -3.28. The number of aromatic nitrogens is 1. The molecule has 1 aromatic carbocycles. The summed E-state index contributed by atoms with van der Waals surface area (Å²) in [6, 6.07) is 5.44. The van der Waals surface area contributed by atoms with Gasteiger partial charge in [0.15, 0.2) is 0 Å². The Hall–Kier alpha value is -1.62. The maximum atomic E-state index is 13.4. The fourth-order valence-corrected chi connectivity index (χ4v) is 1.62. The summed E-state index contributed by atoms with van der Waals surface area (Å²) in [5.74, 6) is -0.779. The molecule has 1 aromatic heterocycles. The van der Waals surface area contributed by atoms with Crippen molar-refractivity contribution in [2.45, 2.75) is 6.18 Å². The molecule has 0 spiro atoms. The quantitative estimate of drug-likeness (QED) is 0.549. The number of hydrogen-bond donors (Lipinski definition) is 0. The van der Waals surface area contributed by atoms with Crippen molar-refractivity contribution < 1.29 is 17.6 Å². The predicted molar refractivity (Wildman–Crippen MR) is 59.6 cm³/mol. The number of pyridine rings is 1. The van der Waals surface area contributed by atoms with E-state index in [1.54, 1.807) is 0 Å². The van der Waals surface area contributed by atoms with Gasteiger partial charge in [0, 0.05) is 11.8 Å². The number of nitrogens with zero attached hydrogens (tertiary/aromatic N) is 1. The zero-order valence-electron chi connectivity index (χ0n) is 8.80. The van der Waals surface area contributed by atoms with Crippen LogP contribution >= 0.6 is 11.6 Å². The molecule has 0 aliphatic rings. The second kappa shape index (κ2) is 4.57. The first-order valence-corrected chi connectivity index (χ1v) is 5.24. The van der Waals surface area contributed by atoms with Crippen LogP contribution in [0.1, 0.15) is 5.56 Å². The van der Waals surface area contributed by atoms with Crippen molar-refractivity contribution in [1.82, 2.24) is 4.98 Å². The van der Waals surface area contributed by atoms with Gasteiger partial charge in [0.2, 0.25) is 5.95 Å². The smallest absolute Gasteiger partial charge is 0.226 e. The normalized spacial score (nSPS) is 11.6. The molecule has 2 aromatic rings. The molecule has 6 heteroatoms. The largest absolute Gasteiger partial charge is 0.416 e. The fraction of sp³-hybridized carbons (Fsp3) is 0.0833. The standard InChI is InChI=1S/C12H6ClF4N/c13-9-5-10(11(14)18-6-9)7-1-3-8(4-2-7)12(15,16)17/h1-6H. The van der Waals surface area contributed by atoms with Crippen LogP contribution in [0.2, 0.25) is 5.02 Å². The zero-order valence-corrected chi connectivity index (χ0v) is 9.56. The van der Waals surface area contributed by atoms with Crippen LogP contribution in [0.25, 0.3) is 11.1 Å². The molecule has 0 bridgehead atoms. The molecular weight excluding hydrogens is 270 g/mol. The topological polar surface area (TPSA) is 12.9 Å². The molecule has 0 fully saturated rings. The van der Waals surface area contributed by atoms with Crippen LogP contribution in [0, 0.1) is 5.95 Å². The molecule has 0 amide bonds. The van der Waals surface area contributed by atoms with Gasteiger partial charge in [-0.15, -0.1) is 0 Å². The van der Waals surface area contributed by atoms with Gasteiger partial charge in [-0.2, -0.15) is 17.6 Å². The van der Waals surface area contributed by atoms with Gasteiger partial charge in [0.25, 0.3) is 0 Å². The lowest BCUT2D eigenvalue weighted by atomic mass is 10.1. The minimum atomic E-state index is -4.41. The number of rotatable bonds is 1. The van der Waals surface area contributed by atoms with Gasteiger partial charge in [0.1, 0.15) is 0 Å². The van der Waals surface area contributed by atoms with Gasteiger partial charge in [0.05, 0.1) is 10.6 Å². The first-order chi connectivity index (χ1) is 8.38. The molecule has 0 aliphatic heterocycles. The Morgan fingerprint density at radius 2 is 1.67 bits per heavy atom. The highest BCUT2D eigenvalue weighted by Crippen LogP contribution is 2.31. The van der Waals surface area contributed by atoms with E-state index in [0.717, 1.165) is 18.3 Å². The predicted octanol–water partition coefficient (Wildman–Crippen LogP) is 4.56. The van der Waals surface area contributed by atoms with E-state index in [1.165, 1.54) is 18.2 Å². The Morgan fingerprint density at radius 3 is 2.22 bits per heavy atom. The molecule has 0 unspecified atom stereocenters. The average Bonchev–Trinajstić information content (AvgIpc) is 2.31. The second-order valence-corrected chi connectivity index (χ2v) is 4.00. The highest BCUT2D eigenvalue weighted by Gasteiger charge is 2.30. The third-order valence-corrected chi connectivity index (χ3v) is 2.54. The van der Waals surface area contributed by atoms with Crippen LogP contribution in [0.4, 0.5) is 17.6 Å². The number of halogens is 5. The molecule has 2 rings (SSSR count). The summed E-state index contributed by atoms with van der Waals surface area (Å²) in [6.45, 7) is 0. The molecule has 0 aliphatic carbocycles. The van der Waals surface area contributed by atoms with E-state index in [2.05, 4.69) is 4.98 Å². The van der Waals surface area contributed by atoms with Crippen LogP contribution in [0.5, 0.6) is 0 Å².